The molecule has 0 spiro atoms. The molecule has 31 heavy (non-hydrogen) atoms. The molecule has 1 fully saturated rings. The van der Waals surface area contributed by atoms with Crippen molar-refractivity contribution < 1.29 is 9.53 Å². The quantitative estimate of drug-likeness (QED) is 0.631. The molecule has 5 heteroatoms. The summed E-state index contributed by atoms with van der Waals surface area (Å²) in [5.41, 5.74) is 4.78. The van der Waals surface area contributed by atoms with Crippen molar-refractivity contribution in [3.05, 3.63) is 78.4 Å². The highest BCUT2D eigenvalue weighted by Gasteiger charge is 2.23. The largest absolute Gasteiger partial charge is 0.497 e. The number of benzene rings is 3. The van der Waals surface area contributed by atoms with Crippen molar-refractivity contribution in [3.63, 3.8) is 0 Å². The maximum absolute atomic E-state index is 12.7. The summed E-state index contributed by atoms with van der Waals surface area (Å²) in [5, 5.41) is 3.00. The lowest BCUT2D eigenvalue weighted by Gasteiger charge is -2.22. The highest BCUT2D eigenvalue weighted by atomic mass is 16.5. The summed E-state index contributed by atoms with van der Waals surface area (Å²) in [6, 6.07) is 24.2. The highest BCUT2D eigenvalue weighted by Crippen LogP contribution is 2.25. The Morgan fingerprint density at radius 3 is 2.10 bits per heavy atom. The molecule has 1 heterocycles. The number of hydrogen-bond donors (Lipinski definition) is 1. The molecule has 4 rings (SSSR count). The van der Waals surface area contributed by atoms with Crippen LogP contribution >= 0.6 is 0 Å². The third-order valence-corrected chi connectivity index (χ3v) is 5.95. The van der Waals surface area contributed by atoms with E-state index in [9.17, 15) is 4.79 Å². The fraction of sp³-hybridized carbons (Fsp3) is 0.269. The number of ether oxygens (including phenoxy) is 1. The summed E-state index contributed by atoms with van der Waals surface area (Å²) in [6.45, 7) is 2.11. The maximum atomic E-state index is 12.7. The summed E-state index contributed by atoms with van der Waals surface area (Å²) in [5.74, 6) is 0.718. The van der Waals surface area contributed by atoms with Gasteiger partial charge in [-0.15, -0.1) is 0 Å². The van der Waals surface area contributed by atoms with E-state index < -0.39 is 0 Å². The topological polar surface area (TPSA) is 44.8 Å². The SMILES string of the molecule is COc1ccc(-c2ccc(C(=O)Nc3ccc(N4CCC(N(C)C)C4)cc3)cc2)cc1. The molecule has 0 bridgehead atoms. The van der Waals surface area contributed by atoms with Gasteiger partial charge in [-0.1, -0.05) is 24.3 Å². The average molecular weight is 416 g/mol. The lowest BCUT2D eigenvalue weighted by Crippen LogP contribution is -2.31. The number of nitrogens with zero attached hydrogens (tertiary/aromatic N) is 2. The van der Waals surface area contributed by atoms with Gasteiger partial charge in [-0.2, -0.15) is 0 Å². The van der Waals surface area contributed by atoms with Gasteiger partial charge >= 0.3 is 0 Å². The second-order valence-electron chi connectivity index (χ2n) is 8.16. The van der Waals surface area contributed by atoms with Gasteiger partial charge in [0.1, 0.15) is 5.75 Å². The lowest BCUT2D eigenvalue weighted by molar-refractivity contribution is 0.102. The fourth-order valence-corrected chi connectivity index (χ4v) is 3.95. The summed E-state index contributed by atoms with van der Waals surface area (Å²) in [6.07, 6.45) is 1.18. The van der Waals surface area contributed by atoms with Crippen LogP contribution in [0, 0.1) is 0 Å². The van der Waals surface area contributed by atoms with Gasteiger partial charge in [0, 0.05) is 36.1 Å². The number of carbonyl (C=O) groups is 1. The van der Waals surface area contributed by atoms with Crippen LogP contribution in [0.15, 0.2) is 72.8 Å². The third-order valence-electron chi connectivity index (χ3n) is 5.95. The van der Waals surface area contributed by atoms with E-state index in [0.717, 1.165) is 35.7 Å². The molecule has 0 radical (unpaired) electrons. The monoisotopic (exact) mass is 415 g/mol. The minimum Gasteiger partial charge on any atom is -0.497 e. The molecular weight excluding hydrogens is 386 g/mol. The highest BCUT2D eigenvalue weighted by molar-refractivity contribution is 6.04. The standard InChI is InChI=1S/C26H29N3O2/c1-28(2)24-16-17-29(18-24)23-12-10-22(11-13-23)27-26(30)21-6-4-19(5-7-21)20-8-14-25(31-3)15-9-20/h4-15,24H,16-18H2,1-3H3,(H,27,30). The van der Waals surface area contributed by atoms with E-state index >= 15 is 0 Å². The van der Waals surface area contributed by atoms with E-state index in [1.165, 1.54) is 12.1 Å². The van der Waals surface area contributed by atoms with Crippen LogP contribution in [0.3, 0.4) is 0 Å². The van der Waals surface area contributed by atoms with E-state index in [2.05, 4.69) is 41.3 Å². The van der Waals surface area contributed by atoms with Crippen molar-refractivity contribution >= 4 is 17.3 Å². The molecule has 1 atom stereocenters. The Labute approximate surface area is 184 Å². The van der Waals surface area contributed by atoms with Gasteiger partial charge < -0.3 is 19.9 Å². The number of carbonyl (C=O) groups excluding carboxylic acids is 1. The Kier molecular flexibility index (Phi) is 6.23. The Hall–Kier alpha value is -3.31. The molecule has 3 aromatic rings. The van der Waals surface area contributed by atoms with Crippen molar-refractivity contribution in [2.75, 3.05) is 44.5 Å². The average Bonchev–Trinajstić information content (AvgIpc) is 3.30. The van der Waals surface area contributed by atoms with Crippen molar-refractivity contribution in [2.24, 2.45) is 0 Å². The first kappa shape index (κ1) is 20.9. The minimum atomic E-state index is -0.108. The number of amides is 1. The summed E-state index contributed by atoms with van der Waals surface area (Å²) in [7, 11) is 5.93. The molecule has 160 valence electrons. The smallest absolute Gasteiger partial charge is 0.255 e. The number of rotatable bonds is 6. The van der Waals surface area contributed by atoms with Gasteiger partial charge in [0.2, 0.25) is 0 Å². The van der Waals surface area contributed by atoms with Gasteiger partial charge in [0.05, 0.1) is 7.11 Å². The van der Waals surface area contributed by atoms with Crippen molar-refractivity contribution in [1.82, 2.24) is 4.90 Å². The normalized spacial score (nSPS) is 15.9. The molecular formula is C26H29N3O2. The summed E-state index contributed by atoms with van der Waals surface area (Å²) in [4.78, 5) is 17.3. The van der Waals surface area contributed by atoms with Gasteiger partial charge in [-0.25, -0.2) is 0 Å². The number of methoxy groups -OCH3 is 1. The Morgan fingerprint density at radius 1 is 0.935 bits per heavy atom. The summed E-state index contributed by atoms with van der Waals surface area (Å²) >= 11 is 0. The van der Waals surface area contributed by atoms with Crippen LogP contribution in [-0.2, 0) is 0 Å². The Bertz CT molecular complexity index is 1010. The van der Waals surface area contributed by atoms with Gasteiger partial charge in [-0.05, 0) is 80.2 Å². The molecule has 1 aliphatic rings. The molecule has 1 N–H and O–H groups in total. The third kappa shape index (κ3) is 4.89. The number of anilines is 2. The second kappa shape index (κ2) is 9.23. The van der Waals surface area contributed by atoms with E-state index in [4.69, 9.17) is 4.74 Å². The molecule has 1 amide bonds. The van der Waals surface area contributed by atoms with Crippen LogP contribution < -0.4 is 15.0 Å². The first-order chi connectivity index (χ1) is 15.0. The summed E-state index contributed by atoms with van der Waals surface area (Å²) < 4.78 is 5.20. The van der Waals surface area contributed by atoms with Crippen molar-refractivity contribution in [1.29, 1.82) is 0 Å². The maximum Gasteiger partial charge on any atom is 0.255 e. The Balaban J connectivity index is 1.37. The number of hydrogen-bond acceptors (Lipinski definition) is 4. The van der Waals surface area contributed by atoms with E-state index in [1.54, 1.807) is 7.11 Å². The van der Waals surface area contributed by atoms with E-state index in [-0.39, 0.29) is 5.91 Å². The predicted molar refractivity (Wildman–Crippen MR) is 127 cm³/mol. The van der Waals surface area contributed by atoms with E-state index in [0.29, 0.717) is 11.6 Å². The first-order valence-electron chi connectivity index (χ1n) is 10.6. The van der Waals surface area contributed by atoms with Gasteiger partial charge in [0.15, 0.2) is 0 Å². The fourth-order valence-electron chi connectivity index (χ4n) is 3.95. The van der Waals surface area contributed by atoms with Crippen LogP contribution in [-0.4, -0.2) is 51.1 Å². The molecule has 0 aliphatic carbocycles. The zero-order valence-electron chi connectivity index (χ0n) is 18.3. The first-order valence-corrected chi connectivity index (χ1v) is 10.6. The zero-order valence-corrected chi connectivity index (χ0v) is 18.3. The van der Waals surface area contributed by atoms with Crippen LogP contribution in [0.5, 0.6) is 5.75 Å². The lowest BCUT2D eigenvalue weighted by atomic mass is 10.0. The minimum absolute atomic E-state index is 0.108. The van der Waals surface area contributed by atoms with Crippen molar-refractivity contribution in [3.8, 4) is 16.9 Å². The van der Waals surface area contributed by atoms with E-state index in [1.807, 2.05) is 60.7 Å². The number of likely N-dealkylation sites (N-methyl/N-ethyl adjacent to an activating group) is 1. The van der Waals surface area contributed by atoms with Crippen LogP contribution in [0.2, 0.25) is 0 Å². The van der Waals surface area contributed by atoms with Crippen LogP contribution in [0.4, 0.5) is 11.4 Å². The molecule has 0 aromatic heterocycles. The predicted octanol–water partition coefficient (Wildman–Crippen LogP) is 4.75. The molecule has 1 unspecified atom stereocenters. The number of nitrogens with one attached hydrogen (secondary N) is 1. The molecule has 5 nitrogen and oxygen atoms in total. The van der Waals surface area contributed by atoms with Crippen LogP contribution in [0.1, 0.15) is 16.8 Å². The molecule has 3 aromatic carbocycles. The molecule has 1 aliphatic heterocycles. The van der Waals surface area contributed by atoms with Gasteiger partial charge in [-0.3, -0.25) is 4.79 Å². The van der Waals surface area contributed by atoms with Crippen molar-refractivity contribution in [2.45, 2.75) is 12.5 Å². The van der Waals surface area contributed by atoms with Gasteiger partial charge in [0.25, 0.3) is 5.91 Å². The zero-order chi connectivity index (χ0) is 21.8. The molecule has 1 saturated heterocycles. The molecule has 0 saturated carbocycles. The Morgan fingerprint density at radius 2 is 1.55 bits per heavy atom. The second-order valence-corrected chi connectivity index (χ2v) is 8.16. The van der Waals surface area contributed by atoms with Crippen LogP contribution in [0.25, 0.3) is 11.1 Å².